The van der Waals surface area contributed by atoms with Crippen LogP contribution in [-0.4, -0.2) is 32.8 Å². The Morgan fingerprint density at radius 1 is 0.806 bits per heavy atom. The molecule has 0 amide bonds. The Kier molecular flexibility index (Phi) is 5.42. The third-order valence-corrected chi connectivity index (χ3v) is 7.12. The summed E-state index contributed by atoms with van der Waals surface area (Å²) >= 11 is 3.75. The minimum atomic E-state index is -0.729. The van der Waals surface area contributed by atoms with Crippen LogP contribution in [0.4, 0.5) is 0 Å². The normalized spacial score (nSPS) is 11.7. The molecule has 2 heterocycles. The van der Waals surface area contributed by atoms with Gasteiger partial charge in [-0.25, -0.2) is 14.8 Å². The highest BCUT2D eigenvalue weighted by Gasteiger charge is 2.40. The van der Waals surface area contributed by atoms with Gasteiger partial charge in [0.2, 0.25) is 5.82 Å². The standard InChI is InChI=1S/C29H21BrN4O2/c1-36-28(35)27-31-23-17-22-25(18-24(23)32-27)34(33-26(22)30)29(19-11-5-2-6-12-19,20-13-7-3-8-14-20)21-15-9-4-10-16-21/h2-18,33H,1H3. The molecule has 7 heteroatoms. The van der Waals surface area contributed by atoms with E-state index >= 15 is 0 Å². The van der Waals surface area contributed by atoms with Gasteiger partial charge in [-0.05, 0) is 44.8 Å². The first-order chi connectivity index (χ1) is 17.6. The van der Waals surface area contributed by atoms with Gasteiger partial charge in [0.25, 0.3) is 0 Å². The molecule has 0 atom stereocenters. The van der Waals surface area contributed by atoms with Crippen LogP contribution in [0.3, 0.4) is 0 Å². The molecule has 0 fully saturated rings. The van der Waals surface area contributed by atoms with Crippen LogP contribution >= 0.6 is 15.9 Å². The number of ether oxygens (including phenoxy) is 1. The van der Waals surface area contributed by atoms with Gasteiger partial charge in [-0.2, -0.15) is 0 Å². The SMILES string of the molecule is COC(=O)c1nc2cc3c(Br)[nH]n(C(c4ccccc4)(c4ccccc4)c4ccccc4)c3cc2n1. The van der Waals surface area contributed by atoms with E-state index in [-0.39, 0.29) is 5.82 Å². The first kappa shape index (κ1) is 22.2. The number of esters is 1. The van der Waals surface area contributed by atoms with Crippen LogP contribution in [0.5, 0.6) is 0 Å². The summed E-state index contributed by atoms with van der Waals surface area (Å²) < 4.78 is 7.80. The fourth-order valence-corrected chi connectivity index (χ4v) is 5.44. The molecule has 0 unspecified atom stereocenters. The zero-order valence-electron chi connectivity index (χ0n) is 19.4. The number of imidazole rings is 1. The number of fused-ring (bicyclic) bond motifs is 2. The number of hydrogen-bond donors (Lipinski definition) is 1. The zero-order chi connectivity index (χ0) is 24.7. The summed E-state index contributed by atoms with van der Waals surface area (Å²) in [5, 5.41) is 4.51. The molecule has 0 radical (unpaired) electrons. The molecule has 0 bridgehead atoms. The largest absolute Gasteiger partial charge is 0.463 e. The number of benzene rings is 4. The average molecular weight is 537 g/mol. The topological polar surface area (TPSA) is 72.8 Å². The van der Waals surface area contributed by atoms with Gasteiger partial charge in [0.15, 0.2) is 0 Å². The molecule has 6 nitrogen and oxygen atoms in total. The molecule has 2 aromatic heterocycles. The fraction of sp³-hybridized carbons (Fsp3) is 0.0690. The molecule has 0 aliphatic carbocycles. The minimum absolute atomic E-state index is 0.0484. The third kappa shape index (κ3) is 3.35. The molecular weight excluding hydrogens is 516 g/mol. The number of carbonyl (C=O) groups is 1. The van der Waals surface area contributed by atoms with Crippen LogP contribution in [0.15, 0.2) is 108 Å². The summed E-state index contributed by atoms with van der Waals surface area (Å²) in [4.78, 5) is 20.9. The Balaban J connectivity index is 1.75. The van der Waals surface area contributed by atoms with Crippen molar-refractivity contribution in [2.75, 3.05) is 7.11 Å². The van der Waals surface area contributed by atoms with Crippen molar-refractivity contribution in [3.8, 4) is 0 Å². The van der Waals surface area contributed by atoms with Gasteiger partial charge in [-0.3, -0.25) is 9.78 Å². The molecular formula is C29H21BrN4O2. The lowest BCUT2D eigenvalue weighted by Gasteiger charge is -2.37. The van der Waals surface area contributed by atoms with Crippen LogP contribution in [0.1, 0.15) is 27.3 Å². The van der Waals surface area contributed by atoms with Crippen molar-refractivity contribution < 1.29 is 9.53 Å². The second-order valence-electron chi connectivity index (χ2n) is 8.47. The van der Waals surface area contributed by atoms with Crippen LogP contribution in [0, 0.1) is 0 Å². The van der Waals surface area contributed by atoms with E-state index in [2.05, 4.69) is 108 Å². The molecule has 4 aromatic carbocycles. The highest BCUT2D eigenvalue weighted by atomic mass is 79.9. The van der Waals surface area contributed by atoms with Gasteiger partial charge < -0.3 is 4.74 Å². The highest BCUT2D eigenvalue weighted by Crippen LogP contribution is 2.43. The van der Waals surface area contributed by atoms with Crippen LogP contribution in [0.2, 0.25) is 0 Å². The summed E-state index contributed by atoms with van der Waals surface area (Å²) in [5.74, 6) is -0.510. The maximum Gasteiger partial charge on any atom is 0.376 e. The van der Waals surface area contributed by atoms with Gasteiger partial charge in [0, 0.05) is 5.39 Å². The van der Waals surface area contributed by atoms with E-state index < -0.39 is 11.5 Å². The summed E-state index contributed by atoms with van der Waals surface area (Å²) in [6, 6.07) is 35.2. The number of hydrogen-bond acceptors (Lipinski definition) is 4. The molecule has 176 valence electrons. The first-order valence-electron chi connectivity index (χ1n) is 11.5. The van der Waals surface area contributed by atoms with E-state index in [0.29, 0.717) is 11.0 Å². The number of rotatable bonds is 5. The van der Waals surface area contributed by atoms with Crippen molar-refractivity contribution in [2.24, 2.45) is 0 Å². The van der Waals surface area contributed by atoms with Gasteiger partial charge >= 0.3 is 5.97 Å². The van der Waals surface area contributed by atoms with Crippen molar-refractivity contribution in [3.05, 3.63) is 130 Å². The molecule has 0 saturated carbocycles. The lowest BCUT2D eigenvalue weighted by molar-refractivity contribution is 0.0588. The van der Waals surface area contributed by atoms with Gasteiger partial charge in [0.1, 0.15) is 10.1 Å². The van der Waals surface area contributed by atoms with E-state index in [1.165, 1.54) is 7.11 Å². The van der Waals surface area contributed by atoms with Crippen LogP contribution in [0.25, 0.3) is 21.9 Å². The Morgan fingerprint density at radius 3 is 1.75 bits per heavy atom. The Labute approximate surface area is 215 Å². The van der Waals surface area contributed by atoms with Crippen LogP contribution in [-0.2, 0) is 10.3 Å². The van der Waals surface area contributed by atoms with Gasteiger partial charge in [0.05, 0.1) is 23.7 Å². The predicted molar refractivity (Wildman–Crippen MR) is 143 cm³/mol. The fourth-order valence-electron chi connectivity index (χ4n) is 4.95. The number of halogens is 1. The van der Waals surface area contributed by atoms with Crippen molar-refractivity contribution in [3.63, 3.8) is 0 Å². The molecule has 0 aliphatic heterocycles. The second kappa shape index (κ2) is 8.77. The van der Waals surface area contributed by atoms with E-state index in [0.717, 1.165) is 32.2 Å². The van der Waals surface area contributed by atoms with Crippen molar-refractivity contribution in [2.45, 2.75) is 5.54 Å². The second-order valence-corrected chi connectivity index (χ2v) is 9.26. The first-order valence-corrected chi connectivity index (χ1v) is 12.3. The Morgan fingerprint density at radius 2 is 1.28 bits per heavy atom. The zero-order valence-corrected chi connectivity index (χ0v) is 20.9. The van der Waals surface area contributed by atoms with Crippen LogP contribution < -0.4 is 0 Å². The molecule has 6 rings (SSSR count). The lowest BCUT2D eigenvalue weighted by Crippen LogP contribution is -2.38. The molecule has 0 aliphatic rings. The average Bonchev–Trinajstić information content (AvgIpc) is 3.50. The number of carbonyl (C=O) groups excluding carboxylic acids is 1. The van der Waals surface area contributed by atoms with Crippen molar-refractivity contribution in [1.29, 1.82) is 0 Å². The van der Waals surface area contributed by atoms with Gasteiger partial charge in [-0.1, -0.05) is 91.0 Å². The molecule has 1 N–H and O–H groups in total. The Hall–Kier alpha value is -4.23. The molecule has 6 aromatic rings. The number of nitrogens with zero attached hydrogens (tertiary/aromatic N) is 3. The molecule has 36 heavy (non-hydrogen) atoms. The number of nitrogens with one attached hydrogen (secondary N) is 1. The van der Waals surface area contributed by atoms with E-state index in [9.17, 15) is 4.79 Å². The van der Waals surface area contributed by atoms with Gasteiger partial charge in [-0.15, -0.1) is 0 Å². The lowest BCUT2D eigenvalue weighted by atomic mass is 9.77. The number of aromatic nitrogens is 4. The summed E-state index contributed by atoms with van der Waals surface area (Å²) in [5.41, 5.74) is 4.69. The minimum Gasteiger partial charge on any atom is -0.463 e. The Bertz CT molecular complexity index is 1600. The smallest absolute Gasteiger partial charge is 0.376 e. The summed E-state index contributed by atoms with van der Waals surface area (Å²) in [7, 11) is 1.33. The maximum absolute atomic E-state index is 12.1. The number of aromatic amines is 1. The maximum atomic E-state index is 12.1. The molecule has 0 spiro atoms. The predicted octanol–water partition coefficient (Wildman–Crippen LogP) is 6.30. The monoisotopic (exact) mass is 536 g/mol. The summed E-state index contributed by atoms with van der Waals surface area (Å²) in [6.07, 6.45) is 0. The number of methoxy groups -OCH3 is 1. The van der Waals surface area contributed by atoms with Crippen molar-refractivity contribution >= 4 is 43.8 Å². The third-order valence-electron chi connectivity index (χ3n) is 6.51. The van der Waals surface area contributed by atoms with E-state index in [4.69, 9.17) is 4.74 Å². The summed E-state index contributed by atoms with van der Waals surface area (Å²) in [6.45, 7) is 0. The highest BCUT2D eigenvalue weighted by molar-refractivity contribution is 9.10. The number of H-pyrrole nitrogens is 1. The van der Waals surface area contributed by atoms with Crippen molar-refractivity contribution in [1.82, 2.24) is 19.7 Å². The quantitative estimate of drug-likeness (QED) is 0.207. The van der Waals surface area contributed by atoms with E-state index in [1.807, 2.05) is 30.3 Å². The molecule has 0 saturated heterocycles. The van der Waals surface area contributed by atoms with E-state index in [1.54, 1.807) is 0 Å².